The number of para-hydroxylation sites is 3. The van der Waals surface area contributed by atoms with E-state index in [0.717, 1.165) is 53.9 Å². The molecule has 0 saturated heterocycles. The first-order valence-corrected chi connectivity index (χ1v) is 11.0. The summed E-state index contributed by atoms with van der Waals surface area (Å²) in [4.78, 5) is 9.21. The zero-order chi connectivity index (χ0) is 21.2. The number of nitrogens with zero attached hydrogens (tertiary/aromatic N) is 3. The molecular formula is C26H27IrN3O2. The molecule has 2 aromatic carbocycles. The van der Waals surface area contributed by atoms with Crippen LogP contribution in [0.2, 0.25) is 0 Å². The molecule has 2 unspecified atom stereocenters. The van der Waals surface area contributed by atoms with Crippen LogP contribution in [0.1, 0.15) is 25.7 Å². The molecule has 6 heteroatoms. The third-order valence-corrected chi connectivity index (χ3v) is 6.57. The molecule has 0 aliphatic heterocycles. The molecule has 2 fully saturated rings. The van der Waals surface area contributed by atoms with Gasteiger partial charge in [-0.1, -0.05) is 36.4 Å². The van der Waals surface area contributed by atoms with Crippen LogP contribution in [0.4, 0.5) is 0 Å². The Labute approximate surface area is 201 Å². The summed E-state index contributed by atoms with van der Waals surface area (Å²) in [6.45, 7) is 0. The smallest absolute Gasteiger partial charge is 0.164 e. The van der Waals surface area contributed by atoms with Crippen molar-refractivity contribution in [3.63, 3.8) is 0 Å². The third-order valence-electron chi connectivity index (χ3n) is 6.57. The summed E-state index contributed by atoms with van der Waals surface area (Å²) >= 11 is 0. The van der Waals surface area contributed by atoms with Gasteiger partial charge in [0.1, 0.15) is 5.69 Å². The van der Waals surface area contributed by atoms with Crippen LogP contribution in [0.5, 0.6) is 0 Å². The zero-order valence-electron chi connectivity index (χ0n) is 17.7. The van der Waals surface area contributed by atoms with Crippen LogP contribution in [0.25, 0.3) is 28.2 Å². The minimum atomic E-state index is -0.206. The van der Waals surface area contributed by atoms with Crippen LogP contribution in [0.3, 0.4) is 0 Å². The van der Waals surface area contributed by atoms with E-state index in [1.807, 2.05) is 54.6 Å². The van der Waals surface area contributed by atoms with Crippen molar-refractivity contribution in [1.82, 2.24) is 14.5 Å². The Hall–Kier alpha value is -2.37. The number of fused-ring (bicyclic) bond motifs is 2. The minimum Gasteiger partial charge on any atom is -0.393 e. The molecule has 0 spiro atoms. The second kappa shape index (κ2) is 10.1. The van der Waals surface area contributed by atoms with E-state index in [1.54, 1.807) is 6.20 Å². The van der Waals surface area contributed by atoms with Gasteiger partial charge in [0.2, 0.25) is 0 Å². The average molecular weight is 606 g/mol. The molecule has 2 aliphatic rings. The average Bonchev–Trinajstić information content (AvgIpc) is 3.50. The zero-order valence-corrected chi connectivity index (χ0v) is 20.1. The fraction of sp³-hybridized carbons (Fsp3) is 0.308. The van der Waals surface area contributed by atoms with E-state index >= 15 is 0 Å². The molecule has 2 aliphatic carbocycles. The molecular weight excluding hydrogens is 579 g/mol. The number of hydrogen-bond donors (Lipinski definition) is 2. The van der Waals surface area contributed by atoms with Crippen LogP contribution in [-0.2, 0) is 20.1 Å². The second-order valence-corrected chi connectivity index (χ2v) is 8.44. The van der Waals surface area contributed by atoms with Crippen LogP contribution in [-0.4, -0.2) is 37.0 Å². The van der Waals surface area contributed by atoms with Crippen molar-refractivity contribution in [2.45, 2.75) is 37.9 Å². The standard InChI is InChI=1S/C18H13N3.C8H14O2.Ir/c1-2-8-14(9-3-1)21-17-12-5-4-10-15(17)20-18(21)16-11-6-7-13-19-16;9-6-3-1-5-2-4-7(10)8(5)6;/h1-13H;5-10H,1-4H2;. The number of aromatic nitrogens is 3. The van der Waals surface area contributed by atoms with Gasteiger partial charge in [-0.2, -0.15) is 0 Å². The second-order valence-electron chi connectivity index (χ2n) is 8.44. The molecule has 2 atom stereocenters. The van der Waals surface area contributed by atoms with E-state index in [4.69, 9.17) is 4.98 Å². The number of imidazole rings is 1. The summed E-state index contributed by atoms with van der Waals surface area (Å²) in [7, 11) is 0. The van der Waals surface area contributed by atoms with Crippen LogP contribution < -0.4 is 0 Å². The van der Waals surface area contributed by atoms with Crippen molar-refractivity contribution in [2.24, 2.45) is 11.8 Å². The maximum absolute atomic E-state index is 9.41. The monoisotopic (exact) mass is 606 g/mol. The molecule has 2 saturated carbocycles. The number of hydrogen-bond acceptors (Lipinski definition) is 4. The van der Waals surface area contributed by atoms with Crippen LogP contribution in [0.15, 0.2) is 79.0 Å². The van der Waals surface area contributed by atoms with Gasteiger partial charge in [-0.25, -0.2) is 4.98 Å². The molecule has 2 aromatic heterocycles. The van der Waals surface area contributed by atoms with Crippen molar-refractivity contribution in [2.75, 3.05) is 0 Å². The predicted octanol–water partition coefficient (Wildman–Crippen LogP) is 4.61. The topological polar surface area (TPSA) is 71.2 Å². The summed E-state index contributed by atoms with van der Waals surface area (Å²) in [5, 5.41) is 18.8. The summed E-state index contributed by atoms with van der Waals surface area (Å²) in [5.41, 5.74) is 4.02. The van der Waals surface area contributed by atoms with E-state index in [9.17, 15) is 10.2 Å². The van der Waals surface area contributed by atoms with E-state index in [0.29, 0.717) is 5.92 Å². The first-order chi connectivity index (χ1) is 15.2. The fourth-order valence-electron chi connectivity index (χ4n) is 5.10. The van der Waals surface area contributed by atoms with Gasteiger partial charge < -0.3 is 10.2 Å². The van der Waals surface area contributed by atoms with Crippen molar-refractivity contribution in [3.8, 4) is 17.2 Å². The number of pyridine rings is 1. The van der Waals surface area contributed by atoms with Crippen molar-refractivity contribution < 1.29 is 30.3 Å². The van der Waals surface area contributed by atoms with E-state index in [1.165, 1.54) is 0 Å². The number of benzene rings is 2. The Balaban J connectivity index is 0.000000188. The van der Waals surface area contributed by atoms with Crippen LogP contribution in [0, 0.1) is 11.8 Å². The minimum absolute atomic E-state index is 0. The first-order valence-electron chi connectivity index (χ1n) is 11.0. The first kappa shape index (κ1) is 22.8. The summed E-state index contributed by atoms with van der Waals surface area (Å²) in [5.74, 6) is 1.72. The van der Waals surface area contributed by atoms with Gasteiger partial charge in [-0.3, -0.25) is 9.55 Å². The molecule has 0 bridgehead atoms. The quantitative estimate of drug-likeness (QED) is 0.350. The fourth-order valence-corrected chi connectivity index (χ4v) is 5.10. The maximum Gasteiger partial charge on any atom is 0.164 e. The molecule has 4 aromatic rings. The predicted molar refractivity (Wildman–Crippen MR) is 122 cm³/mol. The Kier molecular flexibility index (Phi) is 7.16. The largest absolute Gasteiger partial charge is 0.393 e. The Bertz CT molecular complexity index is 1140. The maximum atomic E-state index is 9.41. The van der Waals surface area contributed by atoms with Crippen molar-refractivity contribution >= 4 is 11.0 Å². The Morgan fingerprint density at radius 1 is 0.750 bits per heavy atom. The Morgan fingerprint density at radius 2 is 1.41 bits per heavy atom. The summed E-state index contributed by atoms with van der Waals surface area (Å²) < 4.78 is 2.15. The van der Waals surface area contributed by atoms with Gasteiger partial charge in [0.25, 0.3) is 0 Å². The van der Waals surface area contributed by atoms with E-state index in [2.05, 4.69) is 27.8 Å². The van der Waals surface area contributed by atoms with Gasteiger partial charge in [0.15, 0.2) is 5.82 Å². The Morgan fingerprint density at radius 3 is 2.06 bits per heavy atom. The van der Waals surface area contributed by atoms with Gasteiger partial charge in [0, 0.05) is 37.9 Å². The van der Waals surface area contributed by atoms with Gasteiger partial charge in [-0.15, -0.1) is 0 Å². The molecule has 1 radical (unpaired) electrons. The van der Waals surface area contributed by atoms with Gasteiger partial charge in [-0.05, 0) is 68.0 Å². The van der Waals surface area contributed by atoms with Crippen molar-refractivity contribution in [1.29, 1.82) is 0 Å². The van der Waals surface area contributed by atoms with E-state index in [-0.39, 0.29) is 38.2 Å². The molecule has 2 N–H and O–H groups in total. The van der Waals surface area contributed by atoms with Crippen molar-refractivity contribution in [3.05, 3.63) is 79.0 Å². The molecule has 2 heterocycles. The number of aliphatic hydroxyl groups excluding tert-OH is 2. The van der Waals surface area contributed by atoms with Crippen LogP contribution >= 0.6 is 0 Å². The van der Waals surface area contributed by atoms with E-state index < -0.39 is 0 Å². The molecule has 6 rings (SSSR count). The van der Waals surface area contributed by atoms with Gasteiger partial charge >= 0.3 is 0 Å². The third kappa shape index (κ3) is 4.41. The summed E-state index contributed by atoms with van der Waals surface area (Å²) in [6, 6.07) is 24.3. The molecule has 32 heavy (non-hydrogen) atoms. The number of rotatable bonds is 2. The normalized spacial score (nSPS) is 23.8. The molecule has 0 amide bonds. The SMILES string of the molecule is OC1CCC2CCC(O)C12.[Ir].c1ccc(-n2c(-c3ccccn3)nc3ccccc32)cc1. The molecule has 167 valence electrons. The molecule has 5 nitrogen and oxygen atoms in total. The summed E-state index contributed by atoms with van der Waals surface area (Å²) in [6.07, 6.45) is 5.46. The van der Waals surface area contributed by atoms with Gasteiger partial charge in [0.05, 0.1) is 23.2 Å². The number of aliphatic hydroxyl groups is 2.